The molecule has 2 rings (SSSR count). The summed E-state index contributed by atoms with van der Waals surface area (Å²) < 4.78 is 0. The first kappa shape index (κ1) is 10.8. The molecule has 0 aliphatic carbocycles. The fraction of sp³-hybridized carbons (Fsp3) is 0.417. The Labute approximate surface area is 94.7 Å². The van der Waals surface area contributed by atoms with Gasteiger partial charge in [0.15, 0.2) is 0 Å². The Morgan fingerprint density at radius 3 is 2.88 bits per heavy atom. The summed E-state index contributed by atoms with van der Waals surface area (Å²) in [5.41, 5.74) is 6.93. The molecule has 1 aromatic carbocycles. The molecule has 86 valence electrons. The number of nitrogens with two attached hydrogens (primary N) is 1. The van der Waals surface area contributed by atoms with E-state index in [9.17, 15) is 9.90 Å². The predicted octanol–water partition coefficient (Wildman–Crippen LogP) is 1.49. The lowest BCUT2D eigenvalue weighted by atomic mass is 10.1. The molecule has 1 amide bonds. The molecule has 1 aliphatic rings. The Hall–Kier alpha value is -1.71. The smallest absolute Gasteiger partial charge is 0.222 e. The minimum atomic E-state index is 0.0914. The zero-order valence-electron chi connectivity index (χ0n) is 9.15. The topological polar surface area (TPSA) is 66.6 Å². The third-order valence-electron chi connectivity index (χ3n) is 2.89. The Balaban J connectivity index is 2.08. The second-order valence-electron chi connectivity index (χ2n) is 4.17. The van der Waals surface area contributed by atoms with Crippen LogP contribution in [0.25, 0.3) is 0 Å². The van der Waals surface area contributed by atoms with Gasteiger partial charge < -0.3 is 15.7 Å². The summed E-state index contributed by atoms with van der Waals surface area (Å²) in [7, 11) is 0. The second-order valence-corrected chi connectivity index (χ2v) is 4.17. The van der Waals surface area contributed by atoms with Crippen molar-refractivity contribution in [2.75, 3.05) is 12.3 Å². The van der Waals surface area contributed by atoms with Crippen molar-refractivity contribution in [1.82, 2.24) is 4.90 Å². The van der Waals surface area contributed by atoms with Gasteiger partial charge in [0.1, 0.15) is 5.75 Å². The molecule has 1 heterocycles. The quantitative estimate of drug-likeness (QED) is 0.586. The van der Waals surface area contributed by atoms with Crippen molar-refractivity contribution in [3.63, 3.8) is 0 Å². The first-order valence-electron chi connectivity index (χ1n) is 5.52. The normalized spacial score (nSPS) is 16.5. The van der Waals surface area contributed by atoms with E-state index in [1.165, 1.54) is 0 Å². The van der Waals surface area contributed by atoms with E-state index in [-0.39, 0.29) is 11.7 Å². The lowest BCUT2D eigenvalue weighted by Crippen LogP contribution is -2.34. The summed E-state index contributed by atoms with van der Waals surface area (Å²) in [5, 5.41) is 9.30. The molecule has 0 spiro atoms. The van der Waals surface area contributed by atoms with Gasteiger partial charge in [-0.25, -0.2) is 0 Å². The van der Waals surface area contributed by atoms with Crippen LogP contribution in [0.1, 0.15) is 24.8 Å². The highest BCUT2D eigenvalue weighted by Crippen LogP contribution is 2.22. The number of amides is 1. The van der Waals surface area contributed by atoms with Gasteiger partial charge in [-0.15, -0.1) is 0 Å². The maximum absolute atomic E-state index is 11.6. The number of phenolic OH excluding ortho intramolecular Hbond substituents is 1. The van der Waals surface area contributed by atoms with Crippen LogP contribution in [0.5, 0.6) is 5.75 Å². The second kappa shape index (κ2) is 4.43. The van der Waals surface area contributed by atoms with Crippen molar-refractivity contribution in [3.8, 4) is 5.75 Å². The average molecular weight is 220 g/mol. The molecule has 0 aromatic heterocycles. The van der Waals surface area contributed by atoms with Crippen molar-refractivity contribution < 1.29 is 9.90 Å². The average Bonchev–Trinajstić information content (AvgIpc) is 2.27. The Bertz CT molecular complexity index is 404. The molecular weight excluding hydrogens is 204 g/mol. The molecule has 0 atom stereocenters. The summed E-state index contributed by atoms with van der Waals surface area (Å²) in [4.78, 5) is 13.4. The van der Waals surface area contributed by atoms with E-state index in [0.29, 0.717) is 18.7 Å². The third kappa shape index (κ3) is 2.27. The van der Waals surface area contributed by atoms with E-state index in [0.717, 1.165) is 24.9 Å². The third-order valence-corrected chi connectivity index (χ3v) is 2.89. The van der Waals surface area contributed by atoms with Crippen LogP contribution in [0.2, 0.25) is 0 Å². The first-order valence-corrected chi connectivity index (χ1v) is 5.52. The van der Waals surface area contributed by atoms with Gasteiger partial charge in [0.05, 0.1) is 5.69 Å². The maximum atomic E-state index is 11.6. The Kier molecular flexibility index (Phi) is 2.99. The van der Waals surface area contributed by atoms with E-state index in [2.05, 4.69) is 0 Å². The summed E-state index contributed by atoms with van der Waals surface area (Å²) >= 11 is 0. The van der Waals surface area contributed by atoms with Gasteiger partial charge in [-0.3, -0.25) is 4.79 Å². The van der Waals surface area contributed by atoms with Crippen molar-refractivity contribution >= 4 is 11.6 Å². The molecule has 0 saturated carbocycles. The van der Waals surface area contributed by atoms with Crippen LogP contribution in [0.15, 0.2) is 18.2 Å². The molecule has 0 unspecified atom stereocenters. The highest BCUT2D eigenvalue weighted by atomic mass is 16.3. The number of phenols is 1. The summed E-state index contributed by atoms with van der Waals surface area (Å²) in [6.07, 6.45) is 2.71. The lowest BCUT2D eigenvalue weighted by molar-refractivity contribution is -0.133. The molecule has 0 bridgehead atoms. The minimum absolute atomic E-state index is 0.0914. The van der Waals surface area contributed by atoms with Crippen molar-refractivity contribution in [3.05, 3.63) is 23.8 Å². The van der Waals surface area contributed by atoms with Crippen molar-refractivity contribution in [2.24, 2.45) is 0 Å². The zero-order valence-corrected chi connectivity index (χ0v) is 9.15. The molecule has 1 fully saturated rings. The molecule has 1 aromatic rings. The van der Waals surface area contributed by atoms with Crippen LogP contribution in [0.3, 0.4) is 0 Å². The number of nitrogens with zero attached hydrogens (tertiary/aromatic N) is 1. The van der Waals surface area contributed by atoms with Crippen LogP contribution in [0, 0.1) is 0 Å². The van der Waals surface area contributed by atoms with Crippen LogP contribution in [-0.4, -0.2) is 22.5 Å². The van der Waals surface area contributed by atoms with Gasteiger partial charge in [0.25, 0.3) is 0 Å². The molecule has 3 N–H and O–H groups in total. The minimum Gasteiger partial charge on any atom is -0.506 e. The highest BCUT2D eigenvalue weighted by Gasteiger charge is 2.17. The van der Waals surface area contributed by atoms with E-state index < -0.39 is 0 Å². The summed E-state index contributed by atoms with van der Waals surface area (Å²) in [5.74, 6) is 0.298. The largest absolute Gasteiger partial charge is 0.506 e. The molecular formula is C12H16N2O2. The number of rotatable bonds is 2. The summed E-state index contributed by atoms with van der Waals surface area (Å²) in [6, 6.07) is 5.09. The molecule has 1 aliphatic heterocycles. The fourth-order valence-electron chi connectivity index (χ4n) is 1.95. The monoisotopic (exact) mass is 220 g/mol. The van der Waals surface area contributed by atoms with E-state index >= 15 is 0 Å². The molecule has 4 heteroatoms. The standard InChI is InChI=1S/C12H16N2O2/c13-10-7-9(4-5-11(10)15)8-14-6-2-1-3-12(14)16/h4-5,7,15H,1-3,6,8,13H2. The maximum Gasteiger partial charge on any atom is 0.222 e. The summed E-state index contributed by atoms with van der Waals surface area (Å²) in [6.45, 7) is 1.41. The number of anilines is 1. The number of carbonyl (C=O) groups excluding carboxylic acids is 1. The Morgan fingerprint density at radius 2 is 2.19 bits per heavy atom. The number of aromatic hydroxyl groups is 1. The van der Waals surface area contributed by atoms with Gasteiger partial charge in [-0.05, 0) is 30.5 Å². The highest BCUT2D eigenvalue weighted by molar-refractivity contribution is 5.76. The number of hydrogen-bond donors (Lipinski definition) is 2. The molecule has 4 nitrogen and oxygen atoms in total. The van der Waals surface area contributed by atoms with Crippen LogP contribution in [-0.2, 0) is 11.3 Å². The molecule has 16 heavy (non-hydrogen) atoms. The molecule has 1 saturated heterocycles. The number of likely N-dealkylation sites (tertiary alicyclic amines) is 1. The van der Waals surface area contributed by atoms with Gasteiger partial charge >= 0.3 is 0 Å². The molecule has 0 radical (unpaired) electrons. The van der Waals surface area contributed by atoms with Crippen LogP contribution < -0.4 is 5.73 Å². The SMILES string of the molecule is Nc1cc(CN2CCCCC2=O)ccc1O. The van der Waals surface area contributed by atoms with Crippen molar-refractivity contribution in [1.29, 1.82) is 0 Å². The van der Waals surface area contributed by atoms with Gasteiger partial charge in [-0.2, -0.15) is 0 Å². The number of carbonyl (C=O) groups is 1. The number of benzene rings is 1. The van der Waals surface area contributed by atoms with E-state index in [1.807, 2.05) is 4.90 Å². The van der Waals surface area contributed by atoms with Gasteiger partial charge in [0.2, 0.25) is 5.91 Å². The lowest BCUT2D eigenvalue weighted by Gasteiger charge is -2.26. The van der Waals surface area contributed by atoms with Crippen LogP contribution >= 0.6 is 0 Å². The van der Waals surface area contributed by atoms with Gasteiger partial charge in [0, 0.05) is 19.5 Å². The van der Waals surface area contributed by atoms with Gasteiger partial charge in [-0.1, -0.05) is 6.07 Å². The predicted molar refractivity (Wildman–Crippen MR) is 61.8 cm³/mol. The van der Waals surface area contributed by atoms with E-state index in [4.69, 9.17) is 5.73 Å². The number of hydrogen-bond acceptors (Lipinski definition) is 3. The first-order chi connectivity index (χ1) is 7.66. The van der Waals surface area contributed by atoms with E-state index in [1.54, 1.807) is 18.2 Å². The van der Waals surface area contributed by atoms with Crippen molar-refractivity contribution in [2.45, 2.75) is 25.8 Å². The number of nitrogen functional groups attached to an aromatic ring is 1. The van der Waals surface area contributed by atoms with Crippen LogP contribution in [0.4, 0.5) is 5.69 Å². The zero-order chi connectivity index (χ0) is 11.5. The Morgan fingerprint density at radius 1 is 1.38 bits per heavy atom. The number of piperidine rings is 1. The fourth-order valence-corrected chi connectivity index (χ4v) is 1.95.